The van der Waals surface area contributed by atoms with Gasteiger partial charge in [-0.05, 0) is 50.0 Å². The van der Waals surface area contributed by atoms with Crippen LogP contribution in [0, 0.1) is 17.8 Å². The van der Waals surface area contributed by atoms with Gasteiger partial charge in [0.25, 0.3) is 0 Å². The van der Waals surface area contributed by atoms with Gasteiger partial charge in [0.1, 0.15) is 5.75 Å². The Hall–Kier alpha value is -3.80. The van der Waals surface area contributed by atoms with Gasteiger partial charge in [-0.1, -0.05) is 67.3 Å². The molecule has 2 fully saturated rings. The third-order valence-corrected chi connectivity index (χ3v) is 9.78. The van der Waals surface area contributed by atoms with Crippen molar-refractivity contribution in [3.05, 3.63) is 76.4 Å². The van der Waals surface area contributed by atoms with E-state index in [9.17, 15) is 24.3 Å². The van der Waals surface area contributed by atoms with Crippen LogP contribution in [-0.4, -0.2) is 39.4 Å². The minimum Gasteiger partial charge on any atom is -0.507 e. The molecule has 4 aliphatic carbocycles. The first-order chi connectivity index (χ1) is 18.9. The number of fused-ring (bicyclic) bond motifs is 4. The Morgan fingerprint density at radius 3 is 2.46 bits per heavy atom. The summed E-state index contributed by atoms with van der Waals surface area (Å²) >= 11 is 0. The van der Waals surface area contributed by atoms with E-state index < -0.39 is 17.8 Å². The van der Waals surface area contributed by atoms with Crippen molar-refractivity contribution in [1.82, 2.24) is 4.90 Å². The van der Waals surface area contributed by atoms with Gasteiger partial charge < -0.3 is 5.11 Å². The van der Waals surface area contributed by atoms with Gasteiger partial charge in [0.15, 0.2) is 11.6 Å². The number of nitrogens with zero attached hydrogens (tertiary/aromatic N) is 1. The molecule has 4 atom stereocenters. The van der Waals surface area contributed by atoms with Crippen LogP contribution in [0.5, 0.6) is 5.75 Å². The quantitative estimate of drug-likeness (QED) is 0.329. The number of likely N-dealkylation sites (tertiary alicyclic amines) is 1. The molecule has 0 spiro atoms. The predicted octanol–water partition coefficient (Wildman–Crippen LogP) is 5.31. The zero-order chi connectivity index (χ0) is 27.0. The van der Waals surface area contributed by atoms with Crippen LogP contribution in [0.2, 0.25) is 0 Å². The molecule has 1 heterocycles. The van der Waals surface area contributed by atoms with E-state index in [0.717, 1.165) is 43.1 Å². The van der Waals surface area contributed by atoms with Crippen molar-refractivity contribution in [3.63, 3.8) is 0 Å². The summed E-state index contributed by atoms with van der Waals surface area (Å²) < 4.78 is 0. The van der Waals surface area contributed by atoms with Crippen molar-refractivity contribution in [1.29, 1.82) is 0 Å². The van der Waals surface area contributed by atoms with Gasteiger partial charge in [-0.25, -0.2) is 0 Å². The predicted molar refractivity (Wildman–Crippen MR) is 146 cm³/mol. The topological polar surface area (TPSA) is 91.8 Å². The minimum absolute atomic E-state index is 0.0463. The Kier molecular flexibility index (Phi) is 5.51. The molecule has 1 saturated carbocycles. The lowest BCUT2D eigenvalue weighted by molar-refractivity contribution is -0.143. The van der Waals surface area contributed by atoms with Gasteiger partial charge in [-0.15, -0.1) is 0 Å². The molecule has 6 heteroatoms. The number of carbonyl (C=O) groups excluding carboxylic acids is 4. The lowest BCUT2D eigenvalue weighted by Crippen LogP contribution is -2.43. The maximum Gasteiger partial charge on any atom is 0.233 e. The highest BCUT2D eigenvalue weighted by Gasteiger charge is 2.57. The van der Waals surface area contributed by atoms with Gasteiger partial charge in [-0.3, -0.25) is 24.1 Å². The second-order valence-electron chi connectivity index (χ2n) is 11.8. The number of hydrogen-bond acceptors (Lipinski definition) is 5. The van der Waals surface area contributed by atoms with Crippen molar-refractivity contribution in [2.24, 2.45) is 17.8 Å². The maximum absolute atomic E-state index is 14.0. The lowest BCUT2D eigenvalue weighted by atomic mass is 9.59. The smallest absolute Gasteiger partial charge is 0.233 e. The van der Waals surface area contributed by atoms with E-state index in [1.807, 2.05) is 42.5 Å². The first-order valence-electron chi connectivity index (χ1n) is 14.1. The summed E-state index contributed by atoms with van der Waals surface area (Å²) in [6.07, 6.45) is 8.97. The van der Waals surface area contributed by atoms with E-state index in [2.05, 4.69) is 0 Å². The van der Waals surface area contributed by atoms with Crippen LogP contribution < -0.4 is 0 Å². The third kappa shape index (κ3) is 3.46. The number of amides is 2. The number of aromatic hydroxyl groups is 1. The number of phenolic OH excluding ortho intramolecular Hbond substituents is 1. The molecule has 1 saturated heterocycles. The van der Waals surface area contributed by atoms with Crippen LogP contribution in [-0.2, 0) is 19.2 Å². The van der Waals surface area contributed by atoms with Crippen LogP contribution in [0.25, 0.3) is 10.8 Å². The van der Waals surface area contributed by atoms with E-state index in [1.54, 1.807) is 11.8 Å². The zero-order valence-corrected chi connectivity index (χ0v) is 22.0. The van der Waals surface area contributed by atoms with Crippen LogP contribution in [0.15, 0.2) is 70.8 Å². The molecule has 0 radical (unpaired) electrons. The first kappa shape index (κ1) is 24.3. The monoisotopic (exact) mass is 521 g/mol. The Bertz CT molecular complexity index is 1570. The van der Waals surface area contributed by atoms with Gasteiger partial charge in [-0.2, -0.15) is 0 Å². The molecule has 6 nitrogen and oxygen atoms in total. The SMILES string of the molecule is CC1=CC(=O)C2=C(C1=O)C(c1ccc3ccccc3c1O)C1=CCC3C(=O)N(C4CCCCC4)C(=O)C3C1C2. The lowest BCUT2D eigenvalue weighted by Gasteiger charge is -2.42. The number of rotatable bonds is 2. The van der Waals surface area contributed by atoms with Crippen molar-refractivity contribution < 1.29 is 24.3 Å². The van der Waals surface area contributed by atoms with E-state index in [-0.39, 0.29) is 47.5 Å². The van der Waals surface area contributed by atoms with Gasteiger partial charge >= 0.3 is 0 Å². The fourth-order valence-corrected chi connectivity index (χ4v) is 7.95. The molecule has 2 aromatic rings. The number of imide groups is 1. The number of ketones is 2. The van der Waals surface area contributed by atoms with Crippen LogP contribution in [0.1, 0.15) is 63.4 Å². The molecule has 0 aromatic heterocycles. The fraction of sp³-hybridized carbons (Fsp3) is 0.394. The summed E-state index contributed by atoms with van der Waals surface area (Å²) in [7, 11) is 0. The molecule has 198 valence electrons. The summed E-state index contributed by atoms with van der Waals surface area (Å²) in [5.41, 5.74) is 2.65. The molecular formula is C33H31NO5. The molecule has 0 bridgehead atoms. The fourth-order valence-electron chi connectivity index (χ4n) is 7.95. The van der Waals surface area contributed by atoms with Gasteiger partial charge in [0.05, 0.1) is 11.8 Å². The molecule has 1 N–H and O–H groups in total. The molecular weight excluding hydrogens is 490 g/mol. The Labute approximate surface area is 227 Å². The molecule has 7 rings (SSSR count). The summed E-state index contributed by atoms with van der Waals surface area (Å²) in [5, 5.41) is 13.1. The van der Waals surface area contributed by atoms with Crippen LogP contribution >= 0.6 is 0 Å². The third-order valence-electron chi connectivity index (χ3n) is 9.78. The van der Waals surface area contributed by atoms with Crippen LogP contribution in [0.3, 0.4) is 0 Å². The Morgan fingerprint density at radius 2 is 1.67 bits per heavy atom. The highest BCUT2D eigenvalue weighted by atomic mass is 16.3. The summed E-state index contributed by atoms with van der Waals surface area (Å²) in [4.78, 5) is 56.1. The Morgan fingerprint density at radius 1 is 0.897 bits per heavy atom. The Balaban J connectivity index is 1.38. The number of benzene rings is 2. The van der Waals surface area contributed by atoms with Crippen molar-refractivity contribution in [3.8, 4) is 5.75 Å². The molecule has 5 aliphatic rings. The molecule has 2 aromatic carbocycles. The second-order valence-corrected chi connectivity index (χ2v) is 11.8. The van der Waals surface area contributed by atoms with Gasteiger partial charge in [0.2, 0.25) is 11.8 Å². The average Bonchev–Trinajstić information content (AvgIpc) is 3.21. The van der Waals surface area contributed by atoms with Crippen molar-refractivity contribution >= 4 is 34.2 Å². The number of allylic oxidation sites excluding steroid dienone is 6. The van der Waals surface area contributed by atoms with Crippen molar-refractivity contribution in [2.75, 3.05) is 0 Å². The van der Waals surface area contributed by atoms with E-state index in [0.29, 0.717) is 34.1 Å². The number of carbonyl (C=O) groups is 4. The minimum atomic E-state index is -0.643. The maximum atomic E-state index is 14.0. The first-order valence-corrected chi connectivity index (χ1v) is 14.1. The number of hydrogen-bond donors (Lipinski definition) is 1. The normalized spacial score (nSPS) is 29.3. The summed E-state index contributed by atoms with van der Waals surface area (Å²) in [6, 6.07) is 11.2. The molecule has 1 aliphatic heterocycles. The van der Waals surface area contributed by atoms with E-state index >= 15 is 0 Å². The van der Waals surface area contributed by atoms with E-state index in [4.69, 9.17) is 0 Å². The molecule has 2 amide bonds. The van der Waals surface area contributed by atoms with Crippen molar-refractivity contribution in [2.45, 2.75) is 63.8 Å². The number of phenols is 1. The van der Waals surface area contributed by atoms with E-state index in [1.165, 1.54) is 6.08 Å². The molecule has 39 heavy (non-hydrogen) atoms. The second kappa shape index (κ2) is 8.87. The van der Waals surface area contributed by atoms with Crippen LogP contribution in [0.4, 0.5) is 0 Å². The molecule has 4 unspecified atom stereocenters. The van der Waals surface area contributed by atoms with Gasteiger partial charge in [0, 0.05) is 39.6 Å². The average molecular weight is 522 g/mol. The summed E-state index contributed by atoms with van der Waals surface area (Å²) in [6.45, 7) is 1.65. The largest absolute Gasteiger partial charge is 0.507 e. The highest BCUT2D eigenvalue weighted by Crippen LogP contribution is 2.57. The number of Topliss-reactive ketones (excluding diaryl/α,β-unsaturated/α-hetero) is 1. The zero-order valence-electron chi connectivity index (χ0n) is 22.0. The highest BCUT2D eigenvalue weighted by molar-refractivity contribution is 6.24. The standard InChI is InChI=1S/C33H31NO5/c1-17-15-26(35)25-16-24-21(13-14-23-28(24)33(39)34(32(23)38)19-8-3-2-4-9-19)27(29(25)30(17)36)22-12-11-18-7-5-6-10-20(18)31(22)37/h5-7,10-13,15,19,23-24,27-28,37H,2-4,8-9,14,16H2,1H3. The summed E-state index contributed by atoms with van der Waals surface area (Å²) in [5.74, 6) is -2.53.